The van der Waals surface area contributed by atoms with Crippen molar-refractivity contribution in [3.05, 3.63) is 21.9 Å². The molecule has 0 bridgehead atoms. The van der Waals surface area contributed by atoms with E-state index in [1.54, 1.807) is 11.3 Å². The maximum Gasteiger partial charge on any atom is 0.308 e. The minimum atomic E-state index is -0.753. The van der Waals surface area contributed by atoms with Gasteiger partial charge in [0.05, 0.1) is 6.42 Å². The number of nitrogens with one attached hydrogen (secondary N) is 1. The Balaban J connectivity index is 1.81. The van der Waals surface area contributed by atoms with E-state index in [9.17, 15) is 4.79 Å². The summed E-state index contributed by atoms with van der Waals surface area (Å²) in [5, 5.41) is 12.4. The second-order valence-corrected chi connectivity index (χ2v) is 7.19. The Labute approximate surface area is 119 Å². The van der Waals surface area contributed by atoms with Crippen molar-refractivity contribution in [3.63, 3.8) is 0 Å². The highest BCUT2D eigenvalue weighted by Gasteiger charge is 2.23. The summed E-state index contributed by atoms with van der Waals surface area (Å²) in [5.74, 6) is 0.871. The van der Waals surface area contributed by atoms with E-state index in [1.165, 1.54) is 24.1 Å². The van der Waals surface area contributed by atoms with Gasteiger partial charge in [0.2, 0.25) is 0 Å². The van der Waals surface area contributed by atoms with E-state index in [0.717, 1.165) is 23.3 Å². The van der Waals surface area contributed by atoms with Crippen LogP contribution < -0.4 is 5.32 Å². The molecular formula is C15H23NO2S. The lowest BCUT2D eigenvalue weighted by molar-refractivity contribution is -0.136. The van der Waals surface area contributed by atoms with Gasteiger partial charge in [-0.25, -0.2) is 0 Å². The number of rotatable bonds is 5. The molecule has 2 N–H and O–H groups in total. The lowest BCUT2D eigenvalue weighted by atomic mass is 9.80. The van der Waals surface area contributed by atoms with Crippen molar-refractivity contribution in [2.45, 2.75) is 52.1 Å². The van der Waals surface area contributed by atoms with Crippen molar-refractivity contribution in [2.24, 2.45) is 11.8 Å². The quantitative estimate of drug-likeness (QED) is 0.870. The zero-order chi connectivity index (χ0) is 13.8. The molecule has 1 heterocycles. The molecule has 2 atom stereocenters. The number of aliphatic carboxylic acids is 1. The van der Waals surface area contributed by atoms with Crippen molar-refractivity contribution in [1.82, 2.24) is 5.32 Å². The van der Waals surface area contributed by atoms with Gasteiger partial charge in [-0.05, 0) is 43.2 Å². The molecule has 1 aromatic rings. The van der Waals surface area contributed by atoms with Gasteiger partial charge in [0.15, 0.2) is 0 Å². The fourth-order valence-corrected chi connectivity index (χ4v) is 4.08. The third-order valence-electron chi connectivity index (χ3n) is 3.79. The first-order valence-electron chi connectivity index (χ1n) is 7.05. The van der Waals surface area contributed by atoms with Gasteiger partial charge in [-0.1, -0.05) is 13.8 Å². The Morgan fingerprint density at radius 2 is 1.89 bits per heavy atom. The predicted octanol–water partition coefficient (Wildman–Crippen LogP) is 3.29. The molecule has 2 unspecified atom stereocenters. The first kappa shape index (κ1) is 14.5. The van der Waals surface area contributed by atoms with Crippen LogP contribution in [0.1, 0.15) is 42.9 Å². The summed E-state index contributed by atoms with van der Waals surface area (Å²) in [7, 11) is 0. The molecule has 106 valence electrons. The SMILES string of the molecule is CC1CC(C)CC(NCc2ccc(CC(=O)O)s2)C1. The van der Waals surface area contributed by atoms with E-state index >= 15 is 0 Å². The summed E-state index contributed by atoms with van der Waals surface area (Å²) in [6.45, 7) is 5.54. The first-order valence-corrected chi connectivity index (χ1v) is 7.87. The highest BCUT2D eigenvalue weighted by Crippen LogP contribution is 2.29. The first-order chi connectivity index (χ1) is 9.02. The van der Waals surface area contributed by atoms with Crippen LogP contribution in [0.2, 0.25) is 0 Å². The number of thiophene rings is 1. The van der Waals surface area contributed by atoms with Gasteiger partial charge in [-0.15, -0.1) is 11.3 Å². The lowest BCUT2D eigenvalue weighted by Crippen LogP contribution is -2.35. The van der Waals surface area contributed by atoms with Crippen molar-refractivity contribution >= 4 is 17.3 Å². The summed E-state index contributed by atoms with van der Waals surface area (Å²) in [6, 6.07) is 4.59. The smallest absolute Gasteiger partial charge is 0.308 e. The van der Waals surface area contributed by atoms with Crippen LogP contribution >= 0.6 is 11.3 Å². The molecule has 0 spiro atoms. The Morgan fingerprint density at radius 3 is 2.53 bits per heavy atom. The van der Waals surface area contributed by atoms with E-state index < -0.39 is 5.97 Å². The predicted molar refractivity (Wildman–Crippen MR) is 78.5 cm³/mol. The average molecular weight is 281 g/mol. The fraction of sp³-hybridized carbons (Fsp3) is 0.667. The number of carbonyl (C=O) groups is 1. The molecule has 0 saturated heterocycles. The van der Waals surface area contributed by atoms with Gasteiger partial charge in [0.1, 0.15) is 0 Å². The highest BCUT2D eigenvalue weighted by atomic mass is 32.1. The molecule has 2 rings (SSSR count). The molecule has 0 aromatic carbocycles. The van der Waals surface area contributed by atoms with E-state index in [1.807, 2.05) is 12.1 Å². The molecule has 19 heavy (non-hydrogen) atoms. The lowest BCUT2D eigenvalue weighted by Gasteiger charge is -2.32. The molecule has 4 heteroatoms. The largest absolute Gasteiger partial charge is 0.481 e. The Kier molecular flexibility index (Phi) is 4.99. The van der Waals surface area contributed by atoms with E-state index in [-0.39, 0.29) is 6.42 Å². The molecule has 0 radical (unpaired) electrons. The summed E-state index contributed by atoms with van der Waals surface area (Å²) < 4.78 is 0. The van der Waals surface area contributed by atoms with Crippen molar-refractivity contribution in [1.29, 1.82) is 0 Å². The second-order valence-electron chi connectivity index (χ2n) is 5.93. The van der Waals surface area contributed by atoms with Crippen molar-refractivity contribution in [2.75, 3.05) is 0 Å². The Bertz CT molecular complexity index is 420. The number of hydrogen-bond donors (Lipinski definition) is 2. The Morgan fingerprint density at radius 1 is 1.26 bits per heavy atom. The molecule has 0 aliphatic heterocycles. The summed E-state index contributed by atoms with van der Waals surface area (Å²) in [4.78, 5) is 12.8. The number of carboxylic acids is 1. The van der Waals surface area contributed by atoms with Gasteiger partial charge < -0.3 is 10.4 Å². The minimum absolute atomic E-state index is 0.141. The maximum absolute atomic E-state index is 10.6. The average Bonchev–Trinajstić information content (AvgIpc) is 2.72. The van der Waals surface area contributed by atoms with E-state index in [2.05, 4.69) is 19.2 Å². The molecular weight excluding hydrogens is 258 g/mol. The van der Waals surface area contributed by atoms with Crippen LogP contribution in [0.15, 0.2) is 12.1 Å². The van der Waals surface area contributed by atoms with E-state index in [4.69, 9.17) is 5.11 Å². The van der Waals surface area contributed by atoms with Crippen molar-refractivity contribution in [3.8, 4) is 0 Å². The number of carboxylic acid groups (broad SMARTS) is 1. The minimum Gasteiger partial charge on any atom is -0.481 e. The van der Waals surface area contributed by atoms with Crippen LogP contribution in [0.25, 0.3) is 0 Å². The standard InChI is InChI=1S/C15H23NO2S/c1-10-5-11(2)7-12(6-10)16-9-14-4-3-13(19-14)8-15(17)18/h3-4,10-12,16H,5-9H2,1-2H3,(H,17,18). The monoisotopic (exact) mass is 281 g/mol. The van der Waals surface area contributed by atoms with Crippen LogP contribution in [0.5, 0.6) is 0 Å². The summed E-state index contributed by atoms with van der Waals surface area (Å²) in [6.07, 6.45) is 4.01. The normalized spacial score (nSPS) is 27.4. The van der Waals surface area contributed by atoms with Crippen LogP contribution in [0.3, 0.4) is 0 Å². The van der Waals surface area contributed by atoms with Gasteiger partial charge in [-0.3, -0.25) is 4.79 Å². The summed E-state index contributed by atoms with van der Waals surface area (Å²) >= 11 is 1.61. The maximum atomic E-state index is 10.6. The highest BCUT2D eigenvalue weighted by molar-refractivity contribution is 7.12. The van der Waals surface area contributed by atoms with Gasteiger partial charge in [0.25, 0.3) is 0 Å². The molecule has 1 fully saturated rings. The third-order valence-corrected chi connectivity index (χ3v) is 4.87. The van der Waals surface area contributed by atoms with Crippen LogP contribution in [-0.2, 0) is 17.8 Å². The van der Waals surface area contributed by atoms with E-state index in [0.29, 0.717) is 6.04 Å². The molecule has 1 aliphatic carbocycles. The summed E-state index contributed by atoms with van der Waals surface area (Å²) in [5.41, 5.74) is 0. The Hall–Kier alpha value is -0.870. The third kappa shape index (κ3) is 4.62. The molecule has 1 aliphatic rings. The zero-order valence-corrected chi connectivity index (χ0v) is 12.5. The molecule has 0 amide bonds. The van der Waals surface area contributed by atoms with Gasteiger partial charge in [0, 0.05) is 22.3 Å². The van der Waals surface area contributed by atoms with Gasteiger partial charge in [-0.2, -0.15) is 0 Å². The van der Waals surface area contributed by atoms with Gasteiger partial charge >= 0.3 is 5.97 Å². The van der Waals surface area contributed by atoms with Crippen LogP contribution in [-0.4, -0.2) is 17.1 Å². The van der Waals surface area contributed by atoms with Crippen LogP contribution in [0.4, 0.5) is 0 Å². The molecule has 3 nitrogen and oxygen atoms in total. The van der Waals surface area contributed by atoms with Crippen molar-refractivity contribution < 1.29 is 9.90 Å². The molecule has 1 saturated carbocycles. The second kappa shape index (κ2) is 6.53. The number of hydrogen-bond acceptors (Lipinski definition) is 3. The molecule has 1 aromatic heterocycles. The van der Waals surface area contributed by atoms with Crippen LogP contribution in [0, 0.1) is 11.8 Å². The zero-order valence-electron chi connectivity index (χ0n) is 11.7. The fourth-order valence-electron chi connectivity index (χ4n) is 3.12. The topological polar surface area (TPSA) is 49.3 Å².